The fourth-order valence-electron chi connectivity index (χ4n) is 3.00. The lowest BCUT2D eigenvalue weighted by atomic mass is 10.2. The molecule has 156 valence electrons. The molecule has 0 aromatic heterocycles. The lowest BCUT2D eigenvalue weighted by Crippen LogP contribution is -2.27. The van der Waals surface area contributed by atoms with Gasteiger partial charge >= 0.3 is 0 Å². The van der Waals surface area contributed by atoms with E-state index >= 15 is 0 Å². The first-order valence-electron chi connectivity index (χ1n) is 9.43. The van der Waals surface area contributed by atoms with Crippen LogP contribution < -0.4 is 0 Å². The van der Waals surface area contributed by atoms with E-state index in [2.05, 4.69) is 31.2 Å². The summed E-state index contributed by atoms with van der Waals surface area (Å²) in [5.74, 6) is -0.343. The molecular formula is C24H17Cl2NO2S2. The van der Waals surface area contributed by atoms with E-state index < -0.39 is 0 Å². The number of carbonyl (C=O) groups excluding carboxylic acids is 2. The Hall–Kier alpha value is -2.18. The molecular weight excluding hydrogens is 469 g/mol. The Kier molecular flexibility index (Phi) is 6.77. The molecule has 0 radical (unpaired) electrons. The first kappa shape index (κ1) is 22.0. The third kappa shape index (κ3) is 5.18. The molecule has 0 atom stereocenters. The number of thioether (sulfide) groups is 1. The second-order valence-corrected chi connectivity index (χ2v) is 9.91. The van der Waals surface area contributed by atoms with Gasteiger partial charge in [-0.3, -0.25) is 14.5 Å². The smallest absolute Gasteiger partial charge is 0.268 e. The third-order valence-corrected chi connectivity index (χ3v) is 7.32. The van der Waals surface area contributed by atoms with Gasteiger partial charge in [0.2, 0.25) is 0 Å². The Bertz CT molecular complexity index is 1150. The van der Waals surface area contributed by atoms with Gasteiger partial charge in [-0.05, 0) is 66.7 Å². The molecule has 0 spiro atoms. The van der Waals surface area contributed by atoms with E-state index in [4.69, 9.17) is 23.2 Å². The molecule has 4 rings (SSSR count). The van der Waals surface area contributed by atoms with Gasteiger partial charge in [0.05, 0.1) is 11.4 Å². The summed E-state index contributed by atoms with van der Waals surface area (Å²) in [5, 5.41) is 0.521. The maximum atomic E-state index is 12.8. The Balaban J connectivity index is 1.48. The van der Waals surface area contributed by atoms with Gasteiger partial charge in [-0.1, -0.05) is 70.9 Å². The van der Waals surface area contributed by atoms with Crippen LogP contribution >= 0.6 is 46.7 Å². The molecule has 2 amide bonds. The summed E-state index contributed by atoms with van der Waals surface area (Å²) in [6.07, 6.45) is 1.74. The standard InChI is InChI=1S/C24H17Cl2NO2S2/c1-15-5-9-17(10-6-15)30-18-11-7-16(8-12-18)13-22-23(28)27(24(29)31-22)14-19-20(25)3-2-4-21(19)26/h2-13H,14H2,1H3/b22-13-. The van der Waals surface area contributed by atoms with Gasteiger partial charge in [0, 0.05) is 25.4 Å². The molecule has 1 aliphatic heterocycles. The highest BCUT2D eigenvalue weighted by atomic mass is 35.5. The van der Waals surface area contributed by atoms with Crippen LogP contribution in [0, 0.1) is 6.92 Å². The van der Waals surface area contributed by atoms with Crippen molar-refractivity contribution >= 4 is 63.9 Å². The maximum Gasteiger partial charge on any atom is 0.293 e. The molecule has 1 heterocycles. The van der Waals surface area contributed by atoms with Gasteiger partial charge in [-0.25, -0.2) is 0 Å². The van der Waals surface area contributed by atoms with Crippen LogP contribution in [0.2, 0.25) is 10.0 Å². The van der Waals surface area contributed by atoms with E-state index in [9.17, 15) is 9.59 Å². The molecule has 1 aliphatic rings. The van der Waals surface area contributed by atoms with E-state index in [0.717, 1.165) is 27.1 Å². The fraction of sp³-hybridized carbons (Fsp3) is 0.0833. The summed E-state index contributed by atoms with van der Waals surface area (Å²) in [6, 6.07) is 21.3. The van der Waals surface area contributed by atoms with Crippen molar-refractivity contribution in [3.8, 4) is 0 Å². The zero-order valence-electron chi connectivity index (χ0n) is 16.5. The molecule has 3 aromatic rings. The summed E-state index contributed by atoms with van der Waals surface area (Å²) in [6.45, 7) is 2.11. The van der Waals surface area contributed by atoms with Gasteiger partial charge in [-0.2, -0.15) is 0 Å². The predicted octanol–water partition coefficient (Wildman–Crippen LogP) is 7.69. The van der Waals surface area contributed by atoms with Crippen molar-refractivity contribution in [2.45, 2.75) is 23.3 Å². The number of rotatable bonds is 5. The highest BCUT2D eigenvalue weighted by Crippen LogP contribution is 2.36. The molecule has 0 saturated carbocycles. The van der Waals surface area contributed by atoms with Crippen LogP contribution in [0.1, 0.15) is 16.7 Å². The van der Waals surface area contributed by atoms with Crippen LogP contribution in [0.4, 0.5) is 4.79 Å². The van der Waals surface area contributed by atoms with Crippen molar-refractivity contribution in [3.05, 3.63) is 98.4 Å². The van der Waals surface area contributed by atoms with E-state index in [1.807, 2.05) is 24.3 Å². The van der Waals surface area contributed by atoms with E-state index in [-0.39, 0.29) is 17.7 Å². The van der Waals surface area contributed by atoms with Gasteiger partial charge in [0.25, 0.3) is 11.1 Å². The number of hydrogen-bond donors (Lipinski definition) is 0. The first-order valence-corrected chi connectivity index (χ1v) is 11.8. The highest BCUT2D eigenvalue weighted by Gasteiger charge is 2.35. The van der Waals surface area contributed by atoms with Gasteiger partial charge in [0.15, 0.2) is 0 Å². The second kappa shape index (κ2) is 9.53. The number of amides is 2. The molecule has 0 aliphatic carbocycles. The Morgan fingerprint density at radius 1 is 0.903 bits per heavy atom. The zero-order valence-corrected chi connectivity index (χ0v) is 19.6. The molecule has 0 bridgehead atoms. The number of halogens is 2. The highest BCUT2D eigenvalue weighted by molar-refractivity contribution is 8.18. The summed E-state index contributed by atoms with van der Waals surface area (Å²) in [5.41, 5.74) is 2.65. The minimum absolute atomic E-state index is 0.0483. The maximum absolute atomic E-state index is 12.8. The fourth-order valence-corrected chi connectivity index (χ4v) is 5.18. The minimum Gasteiger partial charge on any atom is -0.268 e. The largest absolute Gasteiger partial charge is 0.293 e. The van der Waals surface area contributed by atoms with Crippen molar-refractivity contribution in [1.82, 2.24) is 4.90 Å². The average Bonchev–Trinajstić information content (AvgIpc) is 3.01. The van der Waals surface area contributed by atoms with E-state index in [0.29, 0.717) is 20.5 Å². The van der Waals surface area contributed by atoms with Crippen LogP contribution in [0.5, 0.6) is 0 Å². The van der Waals surface area contributed by atoms with Gasteiger partial charge < -0.3 is 0 Å². The molecule has 0 N–H and O–H groups in total. The van der Waals surface area contributed by atoms with E-state index in [1.54, 1.807) is 36.0 Å². The first-order chi connectivity index (χ1) is 14.9. The Morgan fingerprint density at radius 2 is 1.48 bits per heavy atom. The van der Waals surface area contributed by atoms with Crippen molar-refractivity contribution in [1.29, 1.82) is 0 Å². The number of nitrogens with zero attached hydrogens (tertiary/aromatic N) is 1. The van der Waals surface area contributed by atoms with Crippen LogP contribution in [-0.4, -0.2) is 16.0 Å². The van der Waals surface area contributed by atoms with Crippen molar-refractivity contribution in [2.75, 3.05) is 0 Å². The molecule has 3 aromatic carbocycles. The number of carbonyl (C=O) groups is 2. The normalized spacial score (nSPS) is 15.2. The Morgan fingerprint density at radius 3 is 2.10 bits per heavy atom. The zero-order chi connectivity index (χ0) is 22.0. The molecule has 31 heavy (non-hydrogen) atoms. The Labute approximate surface area is 199 Å². The third-order valence-electron chi connectivity index (χ3n) is 4.69. The number of hydrogen-bond acceptors (Lipinski definition) is 4. The van der Waals surface area contributed by atoms with Crippen LogP contribution in [0.25, 0.3) is 6.08 Å². The topological polar surface area (TPSA) is 37.4 Å². The van der Waals surface area contributed by atoms with Crippen LogP contribution in [0.15, 0.2) is 81.4 Å². The number of benzene rings is 3. The molecule has 7 heteroatoms. The van der Waals surface area contributed by atoms with Crippen LogP contribution in [-0.2, 0) is 11.3 Å². The minimum atomic E-state index is -0.343. The summed E-state index contributed by atoms with van der Waals surface area (Å²) in [4.78, 5) is 29.1. The lowest BCUT2D eigenvalue weighted by molar-refractivity contribution is -0.123. The number of imide groups is 1. The van der Waals surface area contributed by atoms with Crippen LogP contribution in [0.3, 0.4) is 0 Å². The molecule has 1 saturated heterocycles. The molecule has 3 nitrogen and oxygen atoms in total. The lowest BCUT2D eigenvalue weighted by Gasteiger charge is -2.14. The van der Waals surface area contributed by atoms with Crippen molar-refractivity contribution in [3.63, 3.8) is 0 Å². The molecule has 1 fully saturated rings. The summed E-state index contributed by atoms with van der Waals surface area (Å²) in [7, 11) is 0. The monoisotopic (exact) mass is 485 g/mol. The van der Waals surface area contributed by atoms with Crippen molar-refractivity contribution in [2.24, 2.45) is 0 Å². The van der Waals surface area contributed by atoms with Gasteiger partial charge in [-0.15, -0.1) is 0 Å². The average molecular weight is 486 g/mol. The summed E-state index contributed by atoms with van der Waals surface area (Å²) >= 11 is 15.0. The SMILES string of the molecule is Cc1ccc(Sc2ccc(/C=C3\SC(=O)N(Cc4c(Cl)cccc4Cl)C3=O)cc2)cc1. The quantitative estimate of drug-likeness (QED) is 0.347. The predicted molar refractivity (Wildman–Crippen MR) is 130 cm³/mol. The second-order valence-electron chi connectivity index (χ2n) is 6.95. The number of aryl methyl sites for hydroxylation is 1. The van der Waals surface area contributed by atoms with E-state index in [1.165, 1.54) is 10.5 Å². The van der Waals surface area contributed by atoms with Gasteiger partial charge in [0.1, 0.15) is 0 Å². The van der Waals surface area contributed by atoms with Crippen molar-refractivity contribution < 1.29 is 9.59 Å². The summed E-state index contributed by atoms with van der Waals surface area (Å²) < 4.78 is 0. The molecule has 0 unspecified atom stereocenters.